The second kappa shape index (κ2) is 3.33. The Bertz CT molecular complexity index is 443. The van der Waals surface area contributed by atoms with Crippen LogP contribution >= 0.6 is 0 Å². The third-order valence-electron chi connectivity index (χ3n) is 1.88. The molecule has 0 bridgehead atoms. The van der Waals surface area contributed by atoms with Crippen LogP contribution in [0.4, 0.5) is 0 Å². The summed E-state index contributed by atoms with van der Waals surface area (Å²) in [6, 6.07) is 6.16. The number of hydrogen-bond donors (Lipinski definition) is 2. The van der Waals surface area contributed by atoms with E-state index in [9.17, 15) is 5.11 Å². The van der Waals surface area contributed by atoms with E-state index in [4.69, 9.17) is 5.11 Å². The molecule has 4 nitrogen and oxygen atoms in total. The Balaban J connectivity index is 2.53. The van der Waals surface area contributed by atoms with E-state index in [2.05, 4.69) is 10.2 Å². The molecule has 0 aliphatic carbocycles. The summed E-state index contributed by atoms with van der Waals surface area (Å²) >= 11 is 0. The molecule has 0 saturated carbocycles. The quantitative estimate of drug-likeness (QED) is 0.712. The van der Waals surface area contributed by atoms with Crippen LogP contribution in [0.1, 0.15) is 0 Å². The lowest BCUT2D eigenvalue weighted by Crippen LogP contribution is -1.82. The summed E-state index contributed by atoms with van der Waals surface area (Å²) in [5.41, 5.74) is 1.38. The van der Waals surface area contributed by atoms with E-state index in [1.54, 1.807) is 24.5 Å². The van der Waals surface area contributed by atoms with E-state index < -0.39 is 0 Å². The molecular formula is C10H8N2O2. The molecule has 0 amide bonds. The highest BCUT2D eigenvalue weighted by Gasteiger charge is 2.04. The standard InChI is InChI=1S/C10H8N2O2/c13-8-1-2-9(10(14)5-8)7-3-4-11-12-6-7/h1-6,13-14H. The van der Waals surface area contributed by atoms with E-state index in [1.807, 2.05) is 0 Å². The molecule has 0 fully saturated rings. The van der Waals surface area contributed by atoms with Crippen molar-refractivity contribution in [3.05, 3.63) is 36.7 Å². The van der Waals surface area contributed by atoms with Gasteiger partial charge in [-0.2, -0.15) is 10.2 Å². The molecule has 1 aromatic carbocycles. The maximum atomic E-state index is 9.54. The van der Waals surface area contributed by atoms with Crippen LogP contribution in [0.25, 0.3) is 11.1 Å². The average molecular weight is 188 g/mol. The lowest BCUT2D eigenvalue weighted by molar-refractivity contribution is 0.452. The minimum absolute atomic E-state index is 0.0259. The number of phenolic OH excluding ortho intramolecular Hbond substituents is 2. The van der Waals surface area contributed by atoms with Crippen LogP contribution in [0.3, 0.4) is 0 Å². The molecule has 0 unspecified atom stereocenters. The summed E-state index contributed by atoms with van der Waals surface area (Å²) in [4.78, 5) is 0. The first kappa shape index (κ1) is 8.50. The van der Waals surface area contributed by atoms with Gasteiger partial charge in [-0.1, -0.05) is 0 Å². The topological polar surface area (TPSA) is 66.2 Å². The van der Waals surface area contributed by atoms with Gasteiger partial charge in [0.05, 0.1) is 12.4 Å². The molecule has 1 heterocycles. The van der Waals surface area contributed by atoms with Gasteiger partial charge in [0.2, 0.25) is 0 Å². The lowest BCUT2D eigenvalue weighted by Gasteiger charge is -2.03. The van der Waals surface area contributed by atoms with E-state index in [0.717, 1.165) is 5.56 Å². The Morgan fingerprint density at radius 1 is 1.00 bits per heavy atom. The van der Waals surface area contributed by atoms with Crippen LogP contribution in [0.15, 0.2) is 36.7 Å². The first-order chi connectivity index (χ1) is 6.77. The molecule has 2 N–H and O–H groups in total. The average Bonchev–Trinajstić information content (AvgIpc) is 2.19. The number of hydrogen-bond acceptors (Lipinski definition) is 4. The second-order valence-electron chi connectivity index (χ2n) is 2.83. The first-order valence-electron chi connectivity index (χ1n) is 4.06. The molecule has 0 atom stereocenters. The summed E-state index contributed by atoms with van der Waals surface area (Å²) in [6.07, 6.45) is 3.09. The van der Waals surface area contributed by atoms with Crippen LogP contribution in [0, 0.1) is 0 Å². The zero-order valence-corrected chi connectivity index (χ0v) is 7.25. The van der Waals surface area contributed by atoms with Gasteiger partial charge in [-0.15, -0.1) is 0 Å². The van der Waals surface area contributed by atoms with Crippen LogP contribution < -0.4 is 0 Å². The fourth-order valence-corrected chi connectivity index (χ4v) is 1.21. The van der Waals surface area contributed by atoms with Gasteiger partial charge in [-0.3, -0.25) is 0 Å². The van der Waals surface area contributed by atoms with E-state index in [0.29, 0.717) is 5.56 Å². The summed E-state index contributed by atoms with van der Waals surface area (Å²) in [5.74, 6) is 0.0614. The minimum atomic E-state index is 0.0259. The Morgan fingerprint density at radius 2 is 1.86 bits per heavy atom. The molecule has 0 aliphatic rings. The maximum Gasteiger partial charge on any atom is 0.127 e. The van der Waals surface area contributed by atoms with Gasteiger partial charge < -0.3 is 10.2 Å². The predicted molar refractivity (Wildman–Crippen MR) is 50.8 cm³/mol. The SMILES string of the molecule is Oc1ccc(-c2ccnnc2)c(O)c1. The molecule has 0 spiro atoms. The monoisotopic (exact) mass is 188 g/mol. The largest absolute Gasteiger partial charge is 0.508 e. The molecule has 0 saturated heterocycles. The smallest absolute Gasteiger partial charge is 0.127 e. The van der Waals surface area contributed by atoms with E-state index in [-0.39, 0.29) is 11.5 Å². The van der Waals surface area contributed by atoms with Gasteiger partial charge >= 0.3 is 0 Å². The van der Waals surface area contributed by atoms with Gasteiger partial charge in [-0.25, -0.2) is 0 Å². The number of phenols is 2. The molecular weight excluding hydrogens is 180 g/mol. The fourth-order valence-electron chi connectivity index (χ4n) is 1.21. The van der Waals surface area contributed by atoms with Crippen molar-refractivity contribution >= 4 is 0 Å². The molecule has 2 aromatic rings. The Kier molecular flexibility index (Phi) is 2.02. The van der Waals surface area contributed by atoms with Gasteiger partial charge in [0.25, 0.3) is 0 Å². The van der Waals surface area contributed by atoms with Gasteiger partial charge in [0.15, 0.2) is 0 Å². The van der Waals surface area contributed by atoms with Gasteiger partial charge in [0, 0.05) is 17.2 Å². The van der Waals surface area contributed by atoms with Crippen molar-refractivity contribution < 1.29 is 10.2 Å². The van der Waals surface area contributed by atoms with Gasteiger partial charge in [0.1, 0.15) is 11.5 Å². The Morgan fingerprint density at radius 3 is 2.50 bits per heavy atom. The first-order valence-corrected chi connectivity index (χ1v) is 4.06. The molecule has 70 valence electrons. The van der Waals surface area contributed by atoms with Crippen LogP contribution in [-0.4, -0.2) is 20.4 Å². The number of benzene rings is 1. The number of aromatic hydroxyl groups is 2. The molecule has 2 rings (SSSR count). The third-order valence-corrected chi connectivity index (χ3v) is 1.88. The van der Waals surface area contributed by atoms with Crippen LogP contribution in [0.2, 0.25) is 0 Å². The van der Waals surface area contributed by atoms with Crippen molar-refractivity contribution in [1.29, 1.82) is 0 Å². The van der Waals surface area contributed by atoms with Crippen molar-refractivity contribution in [2.75, 3.05) is 0 Å². The number of aromatic nitrogens is 2. The van der Waals surface area contributed by atoms with Crippen molar-refractivity contribution in [2.45, 2.75) is 0 Å². The van der Waals surface area contributed by atoms with Crippen molar-refractivity contribution in [1.82, 2.24) is 10.2 Å². The highest BCUT2D eigenvalue weighted by molar-refractivity contribution is 5.69. The maximum absolute atomic E-state index is 9.54. The lowest BCUT2D eigenvalue weighted by atomic mass is 10.1. The van der Waals surface area contributed by atoms with Crippen LogP contribution in [-0.2, 0) is 0 Å². The van der Waals surface area contributed by atoms with Crippen molar-refractivity contribution in [3.63, 3.8) is 0 Å². The molecule has 14 heavy (non-hydrogen) atoms. The summed E-state index contributed by atoms with van der Waals surface area (Å²) in [6.45, 7) is 0. The summed E-state index contributed by atoms with van der Waals surface area (Å²) < 4.78 is 0. The second-order valence-corrected chi connectivity index (χ2v) is 2.83. The van der Waals surface area contributed by atoms with Crippen molar-refractivity contribution in [3.8, 4) is 22.6 Å². The van der Waals surface area contributed by atoms with E-state index >= 15 is 0 Å². The normalized spacial score (nSPS) is 10.0. The molecule has 1 aromatic heterocycles. The highest BCUT2D eigenvalue weighted by Crippen LogP contribution is 2.30. The Labute approximate surface area is 80.5 Å². The third kappa shape index (κ3) is 1.50. The van der Waals surface area contributed by atoms with Gasteiger partial charge in [-0.05, 0) is 18.2 Å². The highest BCUT2D eigenvalue weighted by atomic mass is 16.3. The Hall–Kier alpha value is -2.10. The zero-order valence-electron chi connectivity index (χ0n) is 7.25. The van der Waals surface area contributed by atoms with Crippen molar-refractivity contribution in [2.24, 2.45) is 0 Å². The predicted octanol–water partition coefficient (Wildman–Crippen LogP) is 1.55. The molecule has 4 heteroatoms. The summed E-state index contributed by atoms with van der Waals surface area (Å²) in [7, 11) is 0. The number of nitrogens with zero attached hydrogens (tertiary/aromatic N) is 2. The number of rotatable bonds is 1. The molecule has 0 aliphatic heterocycles. The fraction of sp³-hybridized carbons (Fsp3) is 0. The minimum Gasteiger partial charge on any atom is -0.508 e. The zero-order chi connectivity index (χ0) is 9.97. The summed E-state index contributed by atoms with van der Waals surface area (Å²) in [5, 5.41) is 26.0. The molecule has 0 radical (unpaired) electrons. The van der Waals surface area contributed by atoms with E-state index in [1.165, 1.54) is 12.1 Å². The van der Waals surface area contributed by atoms with Crippen LogP contribution in [0.5, 0.6) is 11.5 Å².